The molecule has 2 aromatic carbocycles. The van der Waals surface area contributed by atoms with E-state index in [2.05, 4.69) is 20.9 Å². The zero-order valence-electron chi connectivity index (χ0n) is 18.2. The molecular formula is C24H20N4O6S. The molecule has 1 aliphatic heterocycles. The van der Waals surface area contributed by atoms with Gasteiger partial charge in [-0.3, -0.25) is 19.7 Å². The number of carboxylic acid groups (broad SMARTS) is 1. The number of amides is 3. The first-order valence-electron chi connectivity index (χ1n) is 10.8. The van der Waals surface area contributed by atoms with Crippen LogP contribution in [0.15, 0.2) is 54.7 Å². The van der Waals surface area contributed by atoms with E-state index in [-0.39, 0.29) is 29.1 Å². The third kappa shape index (κ3) is 4.33. The minimum absolute atomic E-state index is 0.0591. The van der Waals surface area contributed by atoms with E-state index in [0.717, 1.165) is 33.6 Å². The molecule has 0 saturated carbocycles. The van der Waals surface area contributed by atoms with Crippen LogP contribution >= 0.6 is 11.3 Å². The van der Waals surface area contributed by atoms with Gasteiger partial charge in [0, 0.05) is 12.5 Å². The number of nitrogens with zero attached hydrogens (tertiary/aromatic N) is 1. The first kappa shape index (κ1) is 22.5. The van der Waals surface area contributed by atoms with Gasteiger partial charge in [-0.05, 0) is 22.3 Å². The highest BCUT2D eigenvalue weighted by molar-refractivity contribution is 7.17. The Kier molecular flexibility index (Phi) is 5.91. The lowest BCUT2D eigenvalue weighted by atomic mass is 9.98. The molecule has 2 atom stereocenters. The zero-order chi connectivity index (χ0) is 24.5. The minimum Gasteiger partial charge on any atom is -0.481 e. The van der Waals surface area contributed by atoms with Crippen LogP contribution in [0.1, 0.15) is 26.7 Å². The molecule has 1 fully saturated rings. The molecule has 2 aliphatic rings. The molecule has 0 bridgehead atoms. The van der Waals surface area contributed by atoms with Crippen LogP contribution in [0.5, 0.6) is 0 Å². The molecule has 1 aliphatic carbocycles. The normalized spacial score (nSPS) is 18.3. The third-order valence-electron chi connectivity index (χ3n) is 6.07. The number of nitrogens with one attached hydrogen (secondary N) is 3. The molecule has 1 saturated heterocycles. The Bertz CT molecular complexity index is 1290. The molecule has 11 heteroatoms. The molecule has 3 amide bonds. The van der Waals surface area contributed by atoms with Crippen molar-refractivity contribution in [2.45, 2.75) is 12.0 Å². The number of carbonyl (C=O) groups excluding carboxylic acids is 3. The molecule has 10 nitrogen and oxygen atoms in total. The Labute approximate surface area is 203 Å². The van der Waals surface area contributed by atoms with Crippen molar-refractivity contribution in [2.24, 2.45) is 5.92 Å². The molecule has 35 heavy (non-hydrogen) atoms. The maximum atomic E-state index is 12.5. The third-order valence-corrected chi connectivity index (χ3v) is 6.98. The standard InChI is InChI=1S/C24H20N4O6S/c29-20(27-19-16(22(31)32)9-25-21(19)30)18-10-26-23(35-18)28-24(33)34-11-17-14-7-3-1-5-12(14)13-6-2-4-8-15(13)17/h1-8,10,16-17,19H,9,11H2,(H,25,30)(H,27,29)(H,31,32)(H,26,28,33). The van der Waals surface area contributed by atoms with Gasteiger partial charge in [0.05, 0.1) is 6.20 Å². The van der Waals surface area contributed by atoms with Gasteiger partial charge in [0.2, 0.25) is 5.91 Å². The van der Waals surface area contributed by atoms with Crippen LogP contribution < -0.4 is 16.0 Å². The maximum Gasteiger partial charge on any atom is 0.413 e. The van der Waals surface area contributed by atoms with E-state index < -0.39 is 35.8 Å². The number of ether oxygens (including phenoxy) is 1. The summed E-state index contributed by atoms with van der Waals surface area (Å²) in [5.74, 6) is -3.55. The molecule has 0 spiro atoms. The van der Waals surface area contributed by atoms with Gasteiger partial charge in [-0.15, -0.1) is 0 Å². The van der Waals surface area contributed by atoms with Gasteiger partial charge in [0.15, 0.2) is 5.13 Å². The maximum absolute atomic E-state index is 12.5. The Balaban J connectivity index is 1.20. The fourth-order valence-electron chi connectivity index (χ4n) is 4.39. The van der Waals surface area contributed by atoms with Gasteiger partial charge in [-0.25, -0.2) is 9.78 Å². The number of thiazole rings is 1. The summed E-state index contributed by atoms with van der Waals surface area (Å²) < 4.78 is 5.47. The summed E-state index contributed by atoms with van der Waals surface area (Å²) in [6, 6.07) is 14.8. The van der Waals surface area contributed by atoms with Crippen molar-refractivity contribution in [2.75, 3.05) is 18.5 Å². The quantitative estimate of drug-likeness (QED) is 0.413. The van der Waals surface area contributed by atoms with E-state index in [4.69, 9.17) is 4.74 Å². The molecule has 3 aromatic rings. The van der Waals surface area contributed by atoms with Crippen LogP contribution in [0.3, 0.4) is 0 Å². The summed E-state index contributed by atoms with van der Waals surface area (Å²) in [4.78, 5) is 52.2. The number of carbonyl (C=O) groups is 4. The monoisotopic (exact) mass is 492 g/mol. The average Bonchev–Trinajstić information content (AvgIpc) is 3.54. The summed E-state index contributed by atoms with van der Waals surface area (Å²) in [6.45, 7) is 0.0718. The fraction of sp³-hybridized carbons (Fsp3) is 0.208. The van der Waals surface area contributed by atoms with Gasteiger partial charge in [0.25, 0.3) is 5.91 Å². The van der Waals surface area contributed by atoms with Crippen LogP contribution in [0.25, 0.3) is 11.1 Å². The Hall–Kier alpha value is -4.25. The second-order valence-electron chi connectivity index (χ2n) is 8.12. The second-order valence-corrected chi connectivity index (χ2v) is 9.15. The van der Waals surface area contributed by atoms with Crippen LogP contribution in [0.2, 0.25) is 0 Å². The first-order valence-corrected chi connectivity index (χ1v) is 11.6. The summed E-state index contributed by atoms with van der Waals surface area (Å²) in [6.07, 6.45) is 0.524. The predicted octanol–water partition coefficient (Wildman–Crippen LogP) is 2.43. The summed E-state index contributed by atoms with van der Waals surface area (Å²) in [5.41, 5.74) is 4.41. The lowest BCUT2D eigenvalue weighted by Crippen LogP contribution is -2.45. The Morgan fingerprint density at radius 3 is 2.40 bits per heavy atom. The summed E-state index contributed by atoms with van der Waals surface area (Å²) in [5, 5.41) is 16.7. The number of hydrogen-bond acceptors (Lipinski definition) is 7. The van der Waals surface area contributed by atoms with Crippen molar-refractivity contribution < 1.29 is 29.0 Å². The van der Waals surface area contributed by atoms with Crippen molar-refractivity contribution >= 4 is 40.3 Å². The van der Waals surface area contributed by atoms with Crippen molar-refractivity contribution in [1.29, 1.82) is 0 Å². The Morgan fingerprint density at radius 2 is 1.74 bits per heavy atom. The molecule has 4 N–H and O–H groups in total. The number of aliphatic carboxylic acids is 1. The lowest BCUT2D eigenvalue weighted by Gasteiger charge is -2.14. The van der Waals surface area contributed by atoms with Gasteiger partial charge in [-0.1, -0.05) is 59.9 Å². The van der Waals surface area contributed by atoms with Crippen LogP contribution in [0.4, 0.5) is 9.93 Å². The number of carboxylic acids is 1. The largest absolute Gasteiger partial charge is 0.481 e. The number of rotatable bonds is 6. The molecule has 5 rings (SSSR count). The lowest BCUT2D eigenvalue weighted by molar-refractivity contribution is -0.142. The highest BCUT2D eigenvalue weighted by atomic mass is 32.1. The van der Waals surface area contributed by atoms with Crippen molar-refractivity contribution in [3.63, 3.8) is 0 Å². The van der Waals surface area contributed by atoms with Crippen LogP contribution in [-0.4, -0.2) is 53.2 Å². The van der Waals surface area contributed by atoms with Gasteiger partial charge < -0.3 is 20.5 Å². The van der Waals surface area contributed by atoms with Gasteiger partial charge in [0.1, 0.15) is 23.4 Å². The molecule has 178 valence electrons. The van der Waals surface area contributed by atoms with Crippen molar-refractivity contribution in [1.82, 2.24) is 15.6 Å². The van der Waals surface area contributed by atoms with E-state index in [0.29, 0.717) is 0 Å². The first-order chi connectivity index (χ1) is 16.9. The average molecular weight is 493 g/mol. The van der Waals surface area contributed by atoms with E-state index in [9.17, 15) is 24.3 Å². The Morgan fingerprint density at radius 1 is 1.09 bits per heavy atom. The van der Waals surface area contributed by atoms with Crippen LogP contribution in [-0.2, 0) is 14.3 Å². The molecule has 0 radical (unpaired) electrons. The van der Waals surface area contributed by atoms with E-state index in [1.54, 1.807) is 0 Å². The highest BCUT2D eigenvalue weighted by Gasteiger charge is 2.40. The number of aromatic nitrogens is 1. The zero-order valence-corrected chi connectivity index (χ0v) is 19.0. The highest BCUT2D eigenvalue weighted by Crippen LogP contribution is 2.44. The number of benzene rings is 2. The number of anilines is 1. The minimum atomic E-state index is -1.18. The van der Waals surface area contributed by atoms with E-state index in [1.165, 1.54) is 6.20 Å². The molecular weight excluding hydrogens is 472 g/mol. The fourth-order valence-corrected chi connectivity index (χ4v) is 5.09. The van der Waals surface area contributed by atoms with Crippen molar-refractivity contribution in [3.8, 4) is 11.1 Å². The summed E-state index contributed by atoms with van der Waals surface area (Å²) in [7, 11) is 0. The predicted molar refractivity (Wildman–Crippen MR) is 126 cm³/mol. The summed E-state index contributed by atoms with van der Waals surface area (Å²) >= 11 is 0.885. The molecule has 1 aromatic heterocycles. The van der Waals surface area contributed by atoms with Gasteiger partial charge >= 0.3 is 12.1 Å². The topological polar surface area (TPSA) is 147 Å². The van der Waals surface area contributed by atoms with Gasteiger partial charge in [-0.2, -0.15) is 0 Å². The van der Waals surface area contributed by atoms with Crippen LogP contribution in [0, 0.1) is 5.92 Å². The second kappa shape index (κ2) is 9.18. The van der Waals surface area contributed by atoms with E-state index in [1.807, 2.05) is 48.5 Å². The van der Waals surface area contributed by atoms with E-state index >= 15 is 0 Å². The molecule has 2 heterocycles. The van der Waals surface area contributed by atoms with Crippen molar-refractivity contribution in [3.05, 3.63) is 70.7 Å². The smallest absolute Gasteiger partial charge is 0.413 e. The number of fused-ring (bicyclic) bond motifs is 3. The SMILES string of the molecule is O=C(Nc1ncc(C(=O)NC2C(=O)NCC2C(=O)O)s1)OCC1c2ccccc2-c2ccccc21. The molecule has 2 unspecified atom stereocenters. The number of hydrogen-bond donors (Lipinski definition) is 4.